The zero-order chi connectivity index (χ0) is 17.4. The number of H-pyrrole nitrogens is 1. The molecule has 0 spiro atoms. The minimum atomic E-state index is -0.0552. The van der Waals surface area contributed by atoms with Gasteiger partial charge in [-0.15, -0.1) is 0 Å². The normalized spacial score (nSPS) is 24.7. The molecule has 2 aliphatic carbocycles. The average Bonchev–Trinajstić information content (AvgIpc) is 3.22. The maximum absolute atomic E-state index is 12.6. The number of aromatic amines is 1. The van der Waals surface area contributed by atoms with Crippen molar-refractivity contribution in [2.75, 3.05) is 0 Å². The topological polar surface area (TPSA) is 66.9 Å². The van der Waals surface area contributed by atoms with E-state index in [1.165, 1.54) is 32.1 Å². The van der Waals surface area contributed by atoms with Crippen LogP contribution in [0.4, 0.5) is 0 Å². The van der Waals surface area contributed by atoms with Crippen molar-refractivity contribution < 1.29 is 4.79 Å². The number of fused-ring (bicyclic) bond motifs is 1. The predicted octanol–water partition coefficient (Wildman–Crippen LogP) is 3.75. The lowest BCUT2D eigenvalue weighted by atomic mass is 9.86. The SMILES string of the molecule is C[C@@H]1CCCC[C@@H]1NC(=O)c1ccc2c(c1)[nH]c(=O)n2C1CCCC1. The third-order valence-electron chi connectivity index (χ3n) is 6.10. The minimum Gasteiger partial charge on any atom is -0.349 e. The van der Waals surface area contributed by atoms with Crippen LogP contribution in [0.5, 0.6) is 0 Å². The first kappa shape index (κ1) is 16.4. The van der Waals surface area contributed by atoms with Gasteiger partial charge in [0.1, 0.15) is 0 Å². The number of carbonyl (C=O) groups excluding carboxylic acids is 1. The highest BCUT2D eigenvalue weighted by Gasteiger charge is 2.24. The van der Waals surface area contributed by atoms with E-state index in [2.05, 4.69) is 17.2 Å². The van der Waals surface area contributed by atoms with Crippen molar-refractivity contribution in [3.63, 3.8) is 0 Å². The van der Waals surface area contributed by atoms with Crippen LogP contribution in [0, 0.1) is 5.92 Å². The molecule has 5 nitrogen and oxygen atoms in total. The second-order valence-corrected chi connectivity index (χ2v) is 7.81. The Balaban J connectivity index is 1.58. The summed E-state index contributed by atoms with van der Waals surface area (Å²) in [7, 11) is 0. The number of amides is 1. The van der Waals surface area contributed by atoms with E-state index < -0.39 is 0 Å². The van der Waals surface area contributed by atoms with Gasteiger partial charge in [0.15, 0.2) is 0 Å². The average molecular weight is 341 g/mol. The molecule has 1 amide bonds. The molecule has 2 atom stereocenters. The van der Waals surface area contributed by atoms with E-state index >= 15 is 0 Å². The van der Waals surface area contributed by atoms with Gasteiger partial charge >= 0.3 is 5.69 Å². The van der Waals surface area contributed by atoms with E-state index in [4.69, 9.17) is 0 Å². The summed E-state index contributed by atoms with van der Waals surface area (Å²) in [5.41, 5.74) is 2.26. The molecule has 2 saturated carbocycles. The number of nitrogens with zero attached hydrogens (tertiary/aromatic N) is 1. The highest BCUT2D eigenvalue weighted by Crippen LogP contribution is 2.31. The number of rotatable bonds is 3. The summed E-state index contributed by atoms with van der Waals surface area (Å²) in [4.78, 5) is 28.0. The lowest BCUT2D eigenvalue weighted by Crippen LogP contribution is -2.41. The van der Waals surface area contributed by atoms with E-state index in [9.17, 15) is 9.59 Å². The molecule has 5 heteroatoms. The van der Waals surface area contributed by atoms with Gasteiger partial charge in [0.05, 0.1) is 11.0 Å². The van der Waals surface area contributed by atoms with Gasteiger partial charge in [-0.25, -0.2) is 4.79 Å². The van der Waals surface area contributed by atoms with Crippen LogP contribution in [0.2, 0.25) is 0 Å². The van der Waals surface area contributed by atoms with Crippen LogP contribution in [0.3, 0.4) is 0 Å². The molecule has 0 saturated heterocycles. The van der Waals surface area contributed by atoms with Gasteiger partial charge in [-0.1, -0.05) is 32.6 Å². The quantitative estimate of drug-likeness (QED) is 0.893. The third-order valence-corrected chi connectivity index (χ3v) is 6.10. The molecule has 2 aliphatic rings. The van der Waals surface area contributed by atoms with Crippen molar-refractivity contribution in [2.45, 2.75) is 70.4 Å². The Morgan fingerprint density at radius 1 is 1.12 bits per heavy atom. The molecule has 1 aromatic carbocycles. The molecule has 134 valence electrons. The number of carbonyl (C=O) groups is 1. The first-order chi connectivity index (χ1) is 12.1. The van der Waals surface area contributed by atoms with Crippen LogP contribution in [0.25, 0.3) is 11.0 Å². The predicted molar refractivity (Wildman–Crippen MR) is 98.9 cm³/mol. The van der Waals surface area contributed by atoms with Crippen molar-refractivity contribution in [1.29, 1.82) is 0 Å². The number of imidazole rings is 1. The Bertz CT molecular complexity index is 829. The summed E-state index contributed by atoms with van der Waals surface area (Å²) in [5, 5.41) is 3.19. The molecule has 0 aliphatic heterocycles. The van der Waals surface area contributed by atoms with E-state index in [0.717, 1.165) is 30.3 Å². The number of hydrogen-bond donors (Lipinski definition) is 2. The highest BCUT2D eigenvalue weighted by molar-refractivity contribution is 5.97. The molecule has 0 radical (unpaired) electrons. The molecular formula is C20H27N3O2. The van der Waals surface area contributed by atoms with Crippen molar-refractivity contribution in [3.8, 4) is 0 Å². The fourth-order valence-corrected chi connectivity index (χ4v) is 4.58. The molecule has 4 rings (SSSR count). The second-order valence-electron chi connectivity index (χ2n) is 7.81. The van der Waals surface area contributed by atoms with Crippen LogP contribution in [-0.4, -0.2) is 21.5 Å². The van der Waals surface area contributed by atoms with Crippen molar-refractivity contribution in [2.24, 2.45) is 5.92 Å². The number of hydrogen-bond acceptors (Lipinski definition) is 2. The standard InChI is InChI=1S/C20H27N3O2/c1-13-6-2-5-9-16(13)21-19(24)14-10-11-18-17(12-14)22-20(25)23(18)15-7-3-4-8-15/h10-13,15-16H,2-9H2,1H3,(H,21,24)(H,22,25)/t13-,16+/m1/s1. The summed E-state index contributed by atoms with van der Waals surface area (Å²) < 4.78 is 1.88. The molecule has 0 bridgehead atoms. The Kier molecular flexibility index (Phi) is 4.40. The summed E-state index contributed by atoms with van der Waals surface area (Å²) in [6, 6.07) is 6.16. The number of aromatic nitrogens is 2. The van der Waals surface area contributed by atoms with Gasteiger partial charge in [0.2, 0.25) is 0 Å². The van der Waals surface area contributed by atoms with Crippen LogP contribution in [0.1, 0.15) is 74.7 Å². The molecule has 2 fully saturated rings. The summed E-state index contributed by atoms with van der Waals surface area (Å²) in [6.45, 7) is 2.21. The highest BCUT2D eigenvalue weighted by atomic mass is 16.2. The molecule has 2 N–H and O–H groups in total. The van der Waals surface area contributed by atoms with Crippen LogP contribution >= 0.6 is 0 Å². The Hall–Kier alpha value is -2.04. The molecular weight excluding hydrogens is 314 g/mol. The Labute approximate surface area is 147 Å². The lowest BCUT2D eigenvalue weighted by molar-refractivity contribution is 0.0910. The zero-order valence-electron chi connectivity index (χ0n) is 14.9. The summed E-state index contributed by atoms with van der Waals surface area (Å²) in [6.07, 6.45) is 9.18. The van der Waals surface area contributed by atoms with Crippen molar-refractivity contribution >= 4 is 16.9 Å². The largest absolute Gasteiger partial charge is 0.349 e. The van der Waals surface area contributed by atoms with E-state index in [0.29, 0.717) is 17.5 Å². The number of benzene rings is 1. The fraction of sp³-hybridized carbons (Fsp3) is 0.600. The Morgan fingerprint density at radius 3 is 2.60 bits per heavy atom. The van der Waals surface area contributed by atoms with Crippen LogP contribution < -0.4 is 11.0 Å². The molecule has 0 unspecified atom stereocenters. The lowest BCUT2D eigenvalue weighted by Gasteiger charge is -2.29. The maximum atomic E-state index is 12.6. The van der Waals surface area contributed by atoms with E-state index in [1.54, 1.807) is 0 Å². The first-order valence-corrected chi connectivity index (χ1v) is 9.68. The van der Waals surface area contributed by atoms with Gasteiger partial charge in [0, 0.05) is 17.6 Å². The maximum Gasteiger partial charge on any atom is 0.326 e. The molecule has 1 aromatic heterocycles. The summed E-state index contributed by atoms with van der Waals surface area (Å²) >= 11 is 0. The molecule has 25 heavy (non-hydrogen) atoms. The monoisotopic (exact) mass is 341 g/mol. The van der Waals surface area contributed by atoms with Gasteiger partial charge in [0.25, 0.3) is 5.91 Å². The fourth-order valence-electron chi connectivity index (χ4n) is 4.58. The smallest absolute Gasteiger partial charge is 0.326 e. The van der Waals surface area contributed by atoms with Crippen LogP contribution in [0.15, 0.2) is 23.0 Å². The van der Waals surface area contributed by atoms with Crippen molar-refractivity contribution in [1.82, 2.24) is 14.9 Å². The van der Waals surface area contributed by atoms with E-state index in [1.807, 2.05) is 22.8 Å². The third kappa shape index (κ3) is 3.12. The van der Waals surface area contributed by atoms with Gasteiger partial charge < -0.3 is 10.3 Å². The van der Waals surface area contributed by atoms with Crippen molar-refractivity contribution in [3.05, 3.63) is 34.2 Å². The summed E-state index contributed by atoms with van der Waals surface area (Å²) in [5.74, 6) is 0.500. The van der Waals surface area contributed by atoms with Gasteiger partial charge in [-0.05, 0) is 49.8 Å². The van der Waals surface area contributed by atoms with Crippen LogP contribution in [-0.2, 0) is 0 Å². The molecule has 2 aromatic rings. The van der Waals surface area contributed by atoms with E-state index in [-0.39, 0.29) is 17.6 Å². The number of nitrogens with one attached hydrogen (secondary N) is 2. The first-order valence-electron chi connectivity index (χ1n) is 9.68. The Morgan fingerprint density at radius 2 is 1.84 bits per heavy atom. The van der Waals surface area contributed by atoms with Gasteiger partial charge in [-0.3, -0.25) is 9.36 Å². The zero-order valence-corrected chi connectivity index (χ0v) is 14.9. The minimum absolute atomic E-state index is 0.0323. The second kappa shape index (κ2) is 6.70. The molecule has 1 heterocycles. The van der Waals surface area contributed by atoms with Gasteiger partial charge in [-0.2, -0.15) is 0 Å².